The Balaban J connectivity index is 1.90. The fourth-order valence-corrected chi connectivity index (χ4v) is 2.98. The molecular formula is C12H22N2O3. The zero-order valence-electron chi connectivity index (χ0n) is 10.6. The van der Waals surface area contributed by atoms with Gasteiger partial charge in [-0.1, -0.05) is 0 Å². The quantitative estimate of drug-likeness (QED) is 0.659. The summed E-state index contributed by atoms with van der Waals surface area (Å²) in [6.45, 7) is 4.84. The average Bonchev–Trinajstić information content (AvgIpc) is 2.68. The summed E-state index contributed by atoms with van der Waals surface area (Å²) in [6.07, 6.45) is 2.47. The average molecular weight is 242 g/mol. The van der Waals surface area contributed by atoms with Crippen LogP contribution < -0.4 is 5.32 Å². The monoisotopic (exact) mass is 242 g/mol. The second kappa shape index (κ2) is 4.92. The van der Waals surface area contributed by atoms with Crippen molar-refractivity contribution >= 4 is 5.97 Å². The first-order valence-corrected chi connectivity index (χ1v) is 6.29. The number of carbonyl (C=O) groups is 1. The van der Waals surface area contributed by atoms with E-state index in [2.05, 4.69) is 15.0 Å². The minimum atomic E-state index is -1.40. The Morgan fingerprint density at radius 2 is 2.35 bits per heavy atom. The van der Waals surface area contributed by atoms with E-state index in [0.717, 1.165) is 19.6 Å². The van der Waals surface area contributed by atoms with Crippen molar-refractivity contribution in [2.45, 2.75) is 31.4 Å². The van der Waals surface area contributed by atoms with Gasteiger partial charge in [-0.15, -0.1) is 0 Å². The van der Waals surface area contributed by atoms with Crippen LogP contribution in [0, 0.1) is 5.92 Å². The maximum absolute atomic E-state index is 11.4. The number of esters is 1. The maximum atomic E-state index is 11.4. The summed E-state index contributed by atoms with van der Waals surface area (Å²) in [7, 11) is 1.31. The van der Waals surface area contributed by atoms with Gasteiger partial charge in [0.05, 0.1) is 7.11 Å². The number of carbonyl (C=O) groups excluding carboxylic acids is 1. The van der Waals surface area contributed by atoms with E-state index in [-0.39, 0.29) is 0 Å². The fourth-order valence-electron chi connectivity index (χ4n) is 2.98. The van der Waals surface area contributed by atoms with Gasteiger partial charge >= 0.3 is 5.97 Å². The highest BCUT2D eigenvalue weighted by molar-refractivity contribution is 5.78. The molecule has 0 aromatic rings. The summed E-state index contributed by atoms with van der Waals surface area (Å²) in [5.74, 6) is 0.109. The number of hydrogen-bond acceptors (Lipinski definition) is 5. The molecule has 17 heavy (non-hydrogen) atoms. The van der Waals surface area contributed by atoms with Crippen molar-refractivity contribution in [1.82, 2.24) is 10.2 Å². The normalized spacial score (nSPS) is 32.9. The van der Waals surface area contributed by atoms with Crippen LogP contribution in [-0.2, 0) is 9.53 Å². The number of hydrogen-bond donors (Lipinski definition) is 2. The summed E-state index contributed by atoms with van der Waals surface area (Å²) < 4.78 is 4.61. The van der Waals surface area contributed by atoms with Gasteiger partial charge in [-0.3, -0.25) is 4.90 Å². The second-order valence-corrected chi connectivity index (χ2v) is 5.42. The van der Waals surface area contributed by atoms with Crippen molar-refractivity contribution in [3.63, 3.8) is 0 Å². The van der Waals surface area contributed by atoms with Gasteiger partial charge in [0.2, 0.25) is 0 Å². The van der Waals surface area contributed by atoms with Crippen LogP contribution in [0.5, 0.6) is 0 Å². The lowest BCUT2D eigenvalue weighted by Crippen LogP contribution is -2.47. The lowest BCUT2D eigenvalue weighted by molar-refractivity contribution is -0.162. The van der Waals surface area contributed by atoms with E-state index in [1.807, 2.05) is 0 Å². The summed E-state index contributed by atoms with van der Waals surface area (Å²) in [4.78, 5) is 13.6. The molecule has 0 radical (unpaired) electrons. The van der Waals surface area contributed by atoms with Gasteiger partial charge in [-0.25, -0.2) is 4.79 Å². The molecule has 5 nitrogen and oxygen atoms in total. The number of nitrogens with zero attached hydrogens (tertiary/aromatic N) is 1. The molecule has 2 fully saturated rings. The Hall–Kier alpha value is -0.650. The minimum absolute atomic E-state index is 0.356. The molecule has 0 amide bonds. The fraction of sp³-hybridized carbons (Fsp3) is 0.917. The topological polar surface area (TPSA) is 61.8 Å². The van der Waals surface area contributed by atoms with E-state index in [1.54, 1.807) is 0 Å². The Morgan fingerprint density at radius 3 is 3.00 bits per heavy atom. The highest BCUT2D eigenvalue weighted by Crippen LogP contribution is 2.26. The van der Waals surface area contributed by atoms with E-state index < -0.39 is 11.6 Å². The molecule has 2 aliphatic heterocycles. The molecule has 5 heteroatoms. The third-order valence-electron chi connectivity index (χ3n) is 3.83. The predicted molar refractivity (Wildman–Crippen MR) is 63.6 cm³/mol. The number of likely N-dealkylation sites (tertiary alicyclic amines) is 1. The standard InChI is InChI=1S/C12H22N2O3/c1-12(16,11(15)17-2)8-14-6-9-4-3-5-13-10(9)7-14/h9-10,13,16H,3-8H2,1-2H3. The van der Waals surface area contributed by atoms with E-state index in [0.29, 0.717) is 18.5 Å². The number of piperidine rings is 1. The molecule has 0 aliphatic carbocycles. The number of aliphatic hydroxyl groups is 1. The zero-order valence-corrected chi connectivity index (χ0v) is 10.6. The van der Waals surface area contributed by atoms with Crippen molar-refractivity contribution in [2.75, 3.05) is 33.3 Å². The van der Waals surface area contributed by atoms with E-state index in [9.17, 15) is 9.90 Å². The van der Waals surface area contributed by atoms with Gasteiger partial charge in [-0.2, -0.15) is 0 Å². The zero-order chi connectivity index (χ0) is 12.5. The van der Waals surface area contributed by atoms with E-state index >= 15 is 0 Å². The molecule has 2 saturated heterocycles. The maximum Gasteiger partial charge on any atom is 0.338 e. The smallest absolute Gasteiger partial charge is 0.338 e. The molecule has 0 aromatic heterocycles. The molecule has 3 unspecified atom stereocenters. The van der Waals surface area contributed by atoms with Crippen molar-refractivity contribution in [3.8, 4) is 0 Å². The number of β-amino-alcohol motifs (C(OH)–C–C–N with tert-alkyl or cyclic N) is 1. The molecule has 2 rings (SSSR count). The second-order valence-electron chi connectivity index (χ2n) is 5.42. The lowest BCUT2D eigenvalue weighted by atomic mass is 9.94. The minimum Gasteiger partial charge on any atom is -0.467 e. The van der Waals surface area contributed by atoms with Crippen molar-refractivity contribution < 1.29 is 14.6 Å². The Bertz CT molecular complexity index is 279. The van der Waals surface area contributed by atoms with Gasteiger partial charge in [0.15, 0.2) is 5.60 Å². The molecule has 0 saturated carbocycles. The molecule has 0 spiro atoms. The van der Waals surface area contributed by atoms with E-state index in [4.69, 9.17) is 0 Å². The van der Waals surface area contributed by atoms with Gasteiger partial charge in [-0.05, 0) is 32.2 Å². The predicted octanol–water partition coefficient (Wildman–Crippen LogP) is -0.406. The molecule has 2 N–H and O–H groups in total. The number of fused-ring (bicyclic) bond motifs is 1. The highest BCUT2D eigenvalue weighted by atomic mass is 16.5. The van der Waals surface area contributed by atoms with Gasteiger partial charge in [0.25, 0.3) is 0 Å². The van der Waals surface area contributed by atoms with Crippen LogP contribution >= 0.6 is 0 Å². The van der Waals surface area contributed by atoms with Crippen molar-refractivity contribution in [2.24, 2.45) is 5.92 Å². The lowest BCUT2D eigenvalue weighted by Gasteiger charge is -2.26. The van der Waals surface area contributed by atoms with Crippen LogP contribution in [-0.4, -0.2) is 60.9 Å². The third-order valence-corrected chi connectivity index (χ3v) is 3.83. The first-order valence-electron chi connectivity index (χ1n) is 6.29. The number of ether oxygens (including phenoxy) is 1. The van der Waals surface area contributed by atoms with Gasteiger partial charge in [0.1, 0.15) is 0 Å². The van der Waals surface area contributed by atoms with Crippen LogP contribution in [0.4, 0.5) is 0 Å². The largest absolute Gasteiger partial charge is 0.467 e. The number of methoxy groups -OCH3 is 1. The summed E-state index contributed by atoms with van der Waals surface area (Å²) in [5.41, 5.74) is -1.40. The van der Waals surface area contributed by atoms with Crippen LogP contribution in [0.1, 0.15) is 19.8 Å². The molecule has 98 valence electrons. The summed E-state index contributed by atoms with van der Waals surface area (Å²) in [6, 6.07) is 0.525. The molecule has 2 aliphatic rings. The summed E-state index contributed by atoms with van der Waals surface area (Å²) >= 11 is 0. The molecule has 2 heterocycles. The van der Waals surface area contributed by atoms with Crippen LogP contribution in [0.15, 0.2) is 0 Å². The van der Waals surface area contributed by atoms with E-state index in [1.165, 1.54) is 26.9 Å². The Morgan fingerprint density at radius 1 is 1.59 bits per heavy atom. The molecule has 0 bridgehead atoms. The molecule has 0 aromatic carbocycles. The van der Waals surface area contributed by atoms with Gasteiger partial charge < -0.3 is 15.2 Å². The van der Waals surface area contributed by atoms with Crippen molar-refractivity contribution in [1.29, 1.82) is 0 Å². The van der Waals surface area contributed by atoms with Crippen LogP contribution in [0.3, 0.4) is 0 Å². The molecule has 3 atom stereocenters. The molecular weight excluding hydrogens is 220 g/mol. The van der Waals surface area contributed by atoms with Crippen molar-refractivity contribution in [3.05, 3.63) is 0 Å². The Kier molecular flexibility index (Phi) is 3.70. The van der Waals surface area contributed by atoms with Crippen LogP contribution in [0.25, 0.3) is 0 Å². The Labute approximate surface area is 102 Å². The first-order chi connectivity index (χ1) is 8.03. The first kappa shape index (κ1) is 12.8. The van der Waals surface area contributed by atoms with Gasteiger partial charge in [0, 0.05) is 25.7 Å². The number of rotatable bonds is 3. The highest BCUT2D eigenvalue weighted by Gasteiger charge is 2.40. The SMILES string of the molecule is COC(=O)C(C)(O)CN1CC2CCCNC2C1. The number of nitrogens with one attached hydrogen (secondary N) is 1. The third kappa shape index (κ3) is 2.78. The van der Waals surface area contributed by atoms with Crippen LogP contribution in [0.2, 0.25) is 0 Å². The summed E-state index contributed by atoms with van der Waals surface area (Å²) in [5, 5.41) is 13.5.